The second-order valence-electron chi connectivity index (χ2n) is 6.35. The lowest BCUT2D eigenvalue weighted by atomic mass is 9.83. The van der Waals surface area contributed by atoms with E-state index in [1.807, 2.05) is 4.90 Å². The van der Waals surface area contributed by atoms with Crippen molar-refractivity contribution in [3.05, 3.63) is 29.6 Å². The molecule has 3 nitrogen and oxygen atoms in total. The van der Waals surface area contributed by atoms with Gasteiger partial charge in [0.2, 0.25) is 0 Å². The number of hydrogen-bond donors (Lipinski definition) is 1. The Balaban J connectivity index is 1.79. The molecule has 0 spiro atoms. The third kappa shape index (κ3) is 2.89. The highest BCUT2D eigenvalue weighted by atomic mass is 19.1. The number of nitrogens with zero attached hydrogens (tertiary/aromatic N) is 1. The van der Waals surface area contributed by atoms with Crippen molar-refractivity contribution in [2.45, 2.75) is 51.0 Å². The van der Waals surface area contributed by atoms with Crippen molar-refractivity contribution in [3.8, 4) is 0 Å². The number of benzene rings is 1. The van der Waals surface area contributed by atoms with Gasteiger partial charge in [-0.2, -0.15) is 0 Å². The maximum atomic E-state index is 14.0. The number of nitrogen functional groups attached to an aromatic ring is 1. The molecule has 1 aliphatic carbocycles. The first-order valence-electron chi connectivity index (χ1n) is 8.03. The van der Waals surface area contributed by atoms with Gasteiger partial charge in [-0.15, -0.1) is 0 Å². The number of hydrogen-bond acceptors (Lipinski definition) is 2. The predicted molar refractivity (Wildman–Crippen MR) is 81.4 cm³/mol. The van der Waals surface area contributed by atoms with Crippen LogP contribution in [0.25, 0.3) is 0 Å². The number of amides is 1. The zero-order valence-electron chi connectivity index (χ0n) is 12.4. The lowest BCUT2D eigenvalue weighted by Gasteiger charge is -2.34. The van der Waals surface area contributed by atoms with Crippen molar-refractivity contribution < 1.29 is 9.18 Å². The summed E-state index contributed by atoms with van der Waals surface area (Å²) in [7, 11) is 0. The van der Waals surface area contributed by atoms with Crippen molar-refractivity contribution in [1.29, 1.82) is 0 Å². The highest BCUT2D eigenvalue weighted by Gasteiger charge is 2.36. The Morgan fingerprint density at radius 2 is 1.90 bits per heavy atom. The summed E-state index contributed by atoms with van der Waals surface area (Å²) in [6.45, 7) is 0.754. The molecule has 2 fully saturated rings. The summed E-state index contributed by atoms with van der Waals surface area (Å²) in [5, 5.41) is 0. The van der Waals surface area contributed by atoms with Gasteiger partial charge in [-0.3, -0.25) is 4.79 Å². The molecular weight excluding hydrogens is 267 g/mol. The molecule has 3 rings (SSSR count). The van der Waals surface area contributed by atoms with E-state index in [-0.39, 0.29) is 11.5 Å². The van der Waals surface area contributed by atoms with E-state index in [9.17, 15) is 9.18 Å². The number of halogens is 1. The second-order valence-corrected chi connectivity index (χ2v) is 6.35. The van der Waals surface area contributed by atoms with Crippen LogP contribution in [0.2, 0.25) is 0 Å². The van der Waals surface area contributed by atoms with Gasteiger partial charge in [-0.25, -0.2) is 4.39 Å². The van der Waals surface area contributed by atoms with Crippen molar-refractivity contribution in [1.82, 2.24) is 4.90 Å². The van der Waals surface area contributed by atoms with Crippen LogP contribution in [0.5, 0.6) is 0 Å². The van der Waals surface area contributed by atoms with Crippen LogP contribution in [-0.2, 0) is 0 Å². The van der Waals surface area contributed by atoms with E-state index in [1.165, 1.54) is 44.2 Å². The van der Waals surface area contributed by atoms with Gasteiger partial charge in [0.05, 0.1) is 5.56 Å². The summed E-state index contributed by atoms with van der Waals surface area (Å²) < 4.78 is 14.0. The first-order valence-corrected chi connectivity index (χ1v) is 8.03. The van der Waals surface area contributed by atoms with E-state index >= 15 is 0 Å². The zero-order valence-corrected chi connectivity index (χ0v) is 12.4. The molecule has 0 bridgehead atoms. The molecule has 2 aliphatic rings. The molecule has 1 amide bonds. The lowest BCUT2D eigenvalue weighted by molar-refractivity contribution is 0.0657. The Morgan fingerprint density at radius 1 is 1.14 bits per heavy atom. The molecule has 0 radical (unpaired) electrons. The van der Waals surface area contributed by atoms with E-state index in [0.717, 1.165) is 19.4 Å². The molecule has 21 heavy (non-hydrogen) atoms. The van der Waals surface area contributed by atoms with Crippen LogP contribution in [0.4, 0.5) is 10.1 Å². The van der Waals surface area contributed by atoms with Crippen LogP contribution in [0, 0.1) is 11.7 Å². The monoisotopic (exact) mass is 290 g/mol. The standard InChI is InChI=1S/C17H23FN2O/c18-15-11-13(19)8-9-14(15)17(21)20-10-4-7-16(20)12-5-2-1-3-6-12/h8-9,11-12,16H,1-7,10,19H2. The number of carbonyl (C=O) groups is 1. The number of likely N-dealkylation sites (tertiary alicyclic amines) is 1. The average Bonchev–Trinajstić information content (AvgIpc) is 2.97. The Bertz CT molecular complexity index is 526. The first kappa shape index (κ1) is 14.4. The summed E-state index contributed by atoms with van der Waals surface area (Å²) >= 11 is 0. The van der Waals surface area contributed by atoms with Crippen molar-refractivity contribution in [2.75, 3.05) is 12.3 Å². The van der Waals surface area contributed by atoms with Crippen molar-refractivity contribution >= 4 is 11.6 Å². The molecule has 1 aromatic rings. The van der Waals surface area contributed by atoms with Crippen LogP contribution in [0.15, 0.2) is 18.2 Å². The Kier molecular flexibility index (Phi) is 4.13. The molecule has 1 heterocycles. The minimum Gasteiger partial charge on any atom is -0.399 e. The quantitative estimate of drug-likeness (QED) is 0.846. The number of nitrogens with two attached hydrogens (primary N) is 1. The zero-order chi connectivity index (χ0) is 14.8. The fraction of sp³-hybridized carbons (Fsp3) is 0.588. The Morgan fingerprint density at radius 3 is 2.62 bits per heavy atom. The minimum absolute atomic E-state index is 0.159. The van der Waals surface area contributed by atoms with E-state index < -0.39 is 5.82 Å². The largest absolute Gasteiger partial charge is 0.399 e. The summed E-state index contributed by atoms with van der Waals surface area (Å²) in [5.74, 6) is -0.0723. The molecular formula is C17H23FN2O. The van der Waals surface area contributed by atoms with Crippen LogP contribution in [0.1, 0.15) is 55.3 Å². The van der Waals surface area contributed by atoms with Crippen LogP contribution < -0.4 is 5.73 Å². The molecule has 1 unspecified atom stereocenters. The maximum absolute atomic E-state index is 14.0. The average molecular weight is 290 g/mol. The van der Waals surface area contributed by atoms with Crippen molar-refractivity contribution in [3.63, 3.8) is 0 Å². The molecule has 114 valence electrons. The fourth-order valence-electron chi connectivity index (χ4n) is 3.91. The maximum Gasteiger partial charge on any atom is 0.257 e. The molecule has 1 atom stereocenters. The lowest BCUT2D eigenvalue weighted by Crippen LogP contribution is -2.41. The predicted octanol–water partition coefficient (Wildman–Crippen LogP) is 3.59. The number of carbonyl (C=O) groups excluding carboxylic acids is 1. The van der Waals surface area contributed by atoms with Crippen LogP contribution in [0.3, 0.4) is 0 Å². The molecule has 4 heteroatoms. The molecule has 2 N–H and O–H groups in total. The van der Waals surface area contributed by atoms with Gasteiger partial charge >= 0.3 is 0 Å². The highest BCUT2D eigenvalue weighted by Crippen LogP contribution is 2.35. The fourth-order valence-corrected chi connectivity index (χ4v) is 3.91. The van der Waals surface area contributed by atoms with Gasteiger partial charge in [0, 0.05) is 18.3 Å². The molecule has 1 aliphatic heterocycles. The van der Waals surface area contributed by atoms with Crippen molar-refractivity contribution in [2.24, 2.45) is 5.92 Å². The topological polar surface area (TPSA) is 46.3 Å². The van der Waals surface area contributed by atoms with E-state index in [0.29, 0.717) is 17.6 Å². The Labute approximate surface area is 125 Å². The van der Waals surface area contributed by atoms with Gasteiger partial charge in [-0.1, -0.05) is 19.3 Å². The van der Waals surface area contributed by atoms with Crippen LogP contribution >= 0.6 is 0 Å². The molecule has 1 saturated heterocycles. The van der Waals surface area contributed by atoms with Gasteiger partial charge in [-0.05, 0) is 49.8 Å². The minimum atomic E-state index is -0.505. The summed E-state index contributed by atoms with van der Waals surface area (Å²) in [6, 6.07) is 4.65. The summed E-state index contributed by atoms with van der Waals surface area (Å²) in [5.41, 5.74) is 6.08. The molecule has 0 aromatic heterocycles. The van der Waals surface area contributed by atoms with Gasteiger partial charge in [0.25, 0.3) is 5.91 Å². The SMILES string of the molecule is Nc1ccc(C(=O)N2CCCC2C2CCCCC2)c(F)c1. The molecule has 1 aromatic carbocycles. The summed E-state index contributed by atoms with van der Waals surface area (Å²) in [6.07, 6.45) is 8.34. The first-order chi connectivity index (χ1) is 10.2. The van der Waals surface area contributed by atoms with E-state index in [4.69, 9.17) is 5.73 Å². The number of anilines is 1. The summed E-state index contributed by atoms with van der Waals surface area (Å²) in [4.78, 5) is 14.6. The van der Waals surface area contributed by atoms with Gasteiger partial charge in [0.15, 0.2) is 0 Å². The van der Waals surface area contributed by atoms with Crippen LogP contribution in [-0.4, -0.2) is 23.4 Å². The van der Waals surface area contributed by atoms with Gasteiger partial charge in [0.1, 0.15) is 5.82 Å². The van der Waals surface area contributed by atoms with E-state index in [1.54, 1.807) is 6.07 Å². The van der Waals surface area contributed by atoms with Gasteiger partial charge < -0.3 is 10.6 Å². The third-order valence-corrected chi connectivity index (χ3v) is 4.98. The second kappa shape index (κ2) is 6.04. The molecule has 1 saturated carbocycles. The third-order valence-electron chi connectivity index (χ3n) is 4.98. The number of rotatable bonds is 2. The normalized spacial score (nSPS) is 23.5. The highest BCUT2D eigenvalue weighted by molar-refractivity contribution is 5.95. The van der Waals surface area contributed by atoms with E-state index in [2.05, 4.69) is 0 Å². The smallest absolute Gasteiger partial charge is 0.257 e. The Hall–Kier alpha value is -1.58.